The van der Waals surface area contributed by atoms with Crippen molar-refractivity contribution in [1.29, 1.82) is 0 Å². The van der Waals surface area contributed by atoms with Crippen LogP contribution in [0.25, 0.3) is 0 Å². The second-order valence-electron chi connectivity index (χ2n) is 11.1. The number of aliphatic hydroxyl groups excluding tert-OH is 1. The van der Waals surface area contributed by atoms with Crippen LogP contribution in [0.2, 0.25) is 5.02 Å². The van der Waals surface area contributed by atoms with Gasteiger partial charge < -0.3 is 24.5 Å². The molecule has 1 aromatic rings. The lowest BCUT2D eigenvalue weighted by atomic mass is 9.70. The number of hydrogen-bond donors (Lipinski definition) is 1. The Balaban J connectivity index is 1.89. The van der Waals surface area contributed by atoms with Gasteiger partial charge in [-0.1, -0.05) is 65.7 Å². The molecule has 3 saturated heterocycles. The summed E-state index contributed by atoms with van der Waals surface area (Å²) in [4.78, 5) is 47.1. The third-order valence-corrected chi connectivity index (χ3v) is 9.53. The van der Waals surface area contributed by atoms with E-state index in [1.54, 1.807) is 30.2 Å². The number of benzene rings is 1. The maximum absolute atomic E-state index is 14.7. The molecule has 10 heteroatoms. The van der Waals surface area contributed by atoms with Gasteiger partial charge in [0, 0.05) is 25.0 Å². The van der Waals surface area contributed by atoms with Crippen molar-refractivity contribution in [2.75, 3.05) is 31.6 Å². The molecule has 1 N–H and O–H groups in total. The molecule has 0 saturated carbocycles. The van der Waals surface area contributed by atoms with Crippen LogP contribution in [0.15, 0.2) is 43.5 Å². The van der Waals surface area contributed by atoms with Crippen LogP contribution in [0.4, 0.5) is 5.69 Å². The average Bonchev–Trinajstić information content (AvgIpc) is 3.46. The van der Waals surface area contributed by atoms with E-state index in [2.05, 4.69) is 29.1 Å². The van der Waals surface area contributed by atoms with Crippen LogP contribution in [0, 0.1) is 24.7 Å². The molecule has 1 aromatic carbocycles. The van der Waals surface area contributed by atoms with Crippen molar-refractivity contribution in [3.8, 4) is 0 Å². The van der Waals surface area contributed by atoms with E-state index in [1.807, 2.05) is 32.9 Å². The first-order valence-electron chi connectivity index (χ1n) is 13.2. The van der Waals surface area contributed by atoms with Crippen molar-refractivity contribution in [3.05, 3.63) is 54.1 Å². The van der Waals surface area contributed by atoms with E-state index >= 15 is 0 Å². The highest BCUT2D eigenvalue weighted by Gasteiger charge is 2.77. The first-order valence-corrected chi connectivity index (χ1v) is 14.5. The second-order valence-corrected chi connectivity index (χ2v) is 12.6. The molecule has 0 aliphatic carbocycles. The van der Waals surface area contributed by atoms with Gasteiger partial charge in [-0.25, -0.2) is 0 Å². The van der Waals surface area contributed by atoms with Gasteiger partial charge in [-0.2, -0.15) is 0 Å². The monoisotopic (exact) mass is 621 g/mol. The summed E-state index contributed by atoms with van der Waals surface area (Å²) in [6.07, 6.45) is 3.04. The van der Waals surface area contributed by atoms with Crippen LogP contribution in [-0.2, 0) is 19.1 Å². The molecule has 4 rings (SSSR count). The van der Waals surface area contributed by atoms with Gasteiger partial charge in [-0.05, 0) is 30.9 Å². The van der Waals surface area contributed by atoms with Crippen LogP contribution in [0.3, 0.4) is 0 Å². The van der Waals surface area contributed by atoms with Crippen molar-refractivity contribution in [1.82, 2.24) is 9.80 Å². The van der Waals surface area contributed by atoms with Crippen molar-refractivity contribution >= 4 is 50.9 Å². The molecule has 2 bridgehead atoms. The Kier molecular flexibility index (Phi) is 8.67. The van der Waals surface area contributed by atoms with Crippen molar-refractivity contribution in [2.24, 2.45) is 17.8 Å². The molecule has 7 atom stereocenters. The lowest BCUT2D eigenvalue weighted by molar-refractivity contribution is -0.147. The minimum absolute atomic E-state index is 0.153. The standard InChI is InChI=1S/C29H37BrClN3O5/c1-7-12-32(6)26(36)21-22-27(37)34(20(15-35)16(3)4)25(29(22)14-18(30)24(21)39-29)28(38)33(13-8-2)23-17(5)10-9-11-19(23)31/h7-11,16,18,20-22,24-25,35H,1-2,12-15H2,3-6H3/t18?,20-,21-,22-,24-,25?,29?/m0/s1. The number of rotatable bonds is 10. The topological polar surface area (TPSA) is 90.4 Å². The predicted octanol–water partition coefficient (Wildman–Crippen LogP) is 3.58. The second kappa shape index (κ2) is 11.4. The quantitative estimate of drug-likeness (QED) is 0.318. The van der Waals surface area contributed by atoms with E-state index in [0.717, 1.165) is 5.56 Å². The fourth-order valence-electron chi connectivity index (χ4n) is 6.68. The van der Waals surface area contributed by atoms with Gasteiger partial charge in [0.05, 0.1) is 41.3 Å². The number of para-hydroxylation sites is 1. The molecule has 3 aliphatic rings. The number of fused-ring (bicyclic) bond motifs is 1. The summed E-state index contributed by atoms with van der Waals surface area (Å²) in [6.45, 7) is 13.4. The number of anilines is 1. The summed E-state index contributed by atoms with van der Waals surface area (Å²) in [5.41, 5.74) is 0.0705. The number of hydrogen-bond acceptors (Lipinski definition) is 5. The Labute approximate surface area is 243 Å². The van der Waals surface area contributed by atoms with E-state index < -0.39 is 35.6 Å². The molecule has 39 heavy (non-hydrogen) atoms. The molecule has 3 unspecified atom stereocenters. The fraction of sp³-hybridized carbons (Fsp3) is 0.552. The molecule has 1 spiro atoms. The zero-order valence-electron chi connectivity index (χ0n) is 22.8. The SMILES string of the molecule is C=CCN(C)C(=O)[C@H]1[C@H]2C(=O)N([C@@H](CO)C(C)C)C(C(=O)N(CC=C)c3c(C)cccc3Cl)C23CC(Br)[C@@H]1O3. The van der Waals surface area contributed by atoms with Crippen molar-refractivity contribution in [2.45, 2.75) is 55.8 Å². The number of halogens is 2. The molecule has 212 valence electrons. The Morgan fingerprint density at radius 3 is 2.51 bits per heavy atom. The van der Waals surface area contributed by atoms with Crippen LogP contribution < -0.4 is 4.90 Å². The number of amides is 3. The number of ether oxygens (including phenoxy) is 1. The van der Waals surface area contributed by atoms with E-state index in [4.69, 9.17) is 16.3 Å². The zero-order chi connectivity index (χ0) is 28.8. The van der Waals surface area contributed by atoms with Crippen LogP contribution >= 0.6 is 27.5 Å². The molecule has 3 heterocycles. The fourth-order valence-corrected chi connectivity index (χ4v) is 7.94. The number of aliphatic hydroxyl groups is 1. The number of nitrogens with zero attached hydrogens (tertiary/aromatic N) is 3. The van der Waals surface area contributed by atoms with E-state index in [1.165, 1.54) is 9.80 Å². The number of likely N-dealkylation sites (tertiary alicyclic amines) is 1. The Hall–Kier alpha value is -2.20. The summed E-state index contributed by atoms with van der Waals surface area (Å²) in [6, 6.07) is 3.67. The minimum Gasteiger partial charge on any atom is -0.394 e. The van der Waals surface area contributed by atoms with Crippen LogP contribution in [0.1, 0.15) is 25.8 Å². The van der Waals surface area contributed by atoms with E-state index in [-0.39, 0.29) is 41.6 Å². The Bertz CT molecular complexity index is 1160. The third kappa shape index (κ3) is 4.65. The molecule has 3 amide bonds. The van der Waals surface area contributed by atoms with Gasteiger partial charge >= 0.3 is 0 Å². The van der Waals surface area contributed by atoms with Crippen LogP contribution in [-0.4, -0.2) is 88.0 Å². The van der Waals surface area contributed by atoms with Gasteiger partial charge in [0.25, 0.3) is 5.91 Å². The van der Waals surface area contributed by atoms with Gasteiger partial charge in [-0.3, -0.25) is 14.4 Å². The summed E-state index contributed by atoms with van der Waals surface area (Å²) >= 11 is 10.3. The number of alkyl halides is 1. The van der Waals surface area contributed by atoms with Gasteiger partial charge in [0.1, 0.15) is 11.6 Å². The molecule has 3 fully saturated rings. The highest BCUT2D eigenvalue weighted by atomic mass is 79.9. The largest absolute Gasteiger partial charge is 0.394 e. The molecule has 3 aliphatic heterocycles. The molecule has 0 aromatic heterocycles. The number of carbonyl (C=O) groups excluding carboxylic acids is 3. The van der Waals surface area contributed by atoms with Crippen molar-refractivity contribution < 1.29 is 24.2 Å². The smallest absolute Gasteiger partial charge is 0.253 e. The van der Waals surface area contributed by atoms with Crippen LogP contribution in [0.5, 0.6) is 0 Å². The highest BCUT2D eigenvalue weighted by Crippen LogP contribution is 2.61. The molecular formula is C29H37BrClN3O5. The zero-order valence-corrected chi connectivity index (χ0v) is 25.2. The van der Waals surface area contributed by atoms with Gasteiger partial charge in [-0.15, -0.1) is 13.2 Å². The van der Waals surface area contributed by atoms with Gasteiger partial charge in [0.2, 0.25) is 11.8 Å². The average molecular weight is 623 g/mol. The van der Waals surface area contributed by atoms with Gasteiger partial charge in [0.15, 0.2) is 0 Å². The Morgan fingerprint density at radius 2 is 1.95 bits per heavy atom. The first kappa shape index (κ1) is 29.8. The first-order chi connectivity index (χ1) is 18.5. The third-order valence-electron chi connectivity index (χ3n) is 8.38. The normalized spacial score (nSPS) is 29.9. The molecule has 8 nitrogen and oxygen atoms in total. The molecular weight excluding hydrogens is 586 g/mol. The van der Waals surface area contributed by atoms with Crippen molar-refractivity contribution in [3.63, 3.8) is 0 Å². The lowest BCUT2D eigenvalue weighted by Crippen LogP contribution is -2.60. The predicted molar refractivity (Wildman–Crippen MR) is 155 cm³/mol. The lowest BCUT2D eigenvalue weighted by Gasteiger charge is -2.40. The maximum atomic E-state index is 14.7. The van der Waals surface area contributed by atoms with E-state index in [9.17, 15) is 19.5 Å². The summed E-state index contributed by atoms with van der Waals surface area (Å²) in [7, 11) is 1.67. The number of carbonyl (C=O) groups is 3. The maximum Gasteiger partial charge on any atom is 0.253 e. The number of aryl methyl sites for hydroxylation is 1. The molecule has 0 radical (unpaired) electrons. The highest BCUT2D eigenvalue weighted by molar-refractivity contribution is 9.09. The summed E-state index contributed by atoms with van der Waals surface area (Å²) in [5.74, 6) is -2.75. The van der Waals surface area contributed by atoms with E-state index in [0.29, 0.717) is 23.7 Å². The summed E-state index contributed by atoms with van der Waals surface area (Å²) in [5, 5.41) is 10.8. The summed E-state index contributed by atoms with van der Waals surface area (Å²) < 4.78 is 6.62. The Morgan fingerprint density at radius 1 is 1.28 bits per heavy atom. The minimum atomic E-state index is -1.25. The number of likely N-dealkylation sites (N-methyl/N-ethyl adjacent to an activating group) is 1.